The van der Waals surface area contributed by atoms with Crippen molar-refractivity contribution in [3.05, 3.63) is 228 Å². The summed E-state index contributed by atoms with van der Waals surface area (Å²) in [5.74, 6) is -1.16. The van der Waals surface area contributed by atoms with Gasteiger partial charge >= 0.3 is 23.9 Å². The van der Waals surface area contributed by atoms with Crippen LogP contribution < -0.4 is 18.9 Å². The Balaban J connectivity index is 0.705. The second-order valence-corrected chi connectivity index (χ2v) is 24.9. The molecular weight excluding hydrogens is 1140 g/mol. The van der Waals surface area contributed by atoms with Gasteiger partial charge in [0.15, 0.2) is 0 Å². The van der Waals surface area contributed by atoms with Crippen LogP contribution in [0.25, 0.3) is 33.4 Å². The lowest BCUT2D eigenvalue weighted by atomic mass is 10.00. The number of carbonyl (C=O) groups excluding carboxylic acids is 4. The van der Waals surface area contributed by atoms with E-state index in [1.54, 1.807) is 84.9 Å². The van der Waals surface area contributed by atoms with Gasteiger partial charge in [0.1, 0.15) is 23.0 Å². The highest BCUT2D eigenvalue weighted by Crippen LogP contribution is 2.29. The first kappa shape index (κ1) is 69.5. The highest BCUT2D eigenvalue weighted by molar-refractivity contribution is 5.95. The minimum Gasteiger partial charge on any atom is -0.423 e. The van der Waals surface area contributed by atoms with Crippen LogP contribution >= 0.6 is 0 Å². The topological polar surface area (TPSA) is 105 Å². The van der Waals surface area contributed by atoms with Crippen LogP contribution in [0.2, 0.25) is 0 Å². The van der Waals surface area contributed by atoms with Crippen LogP contribution in [0.4, 0.5) is 0 Å². The van der Waals surface area contributed by atoms with Crippen LogP contribution in [0.3, 0.4) is 0 Å². The van der Waals surface area contributed by atoms with E-state index in [2.05, 4.69) is 62.4 Å². The molecule has 0 aliphatic carbocycles. The van der Waals surface area contributed by atoms with E-state index in [-0.39, 0.29) is 22.6 Å². The molecule has 0 fully saturated rings. The number of aryl methyl sites for hydroxylation is 2. The van der Waals surface area contributed by atoms with E-state index in [4.69, 9.17) is 18.9 Å². The molecule has 8 rings (SSSR count). The van der Waals surface area contributed by atoms with Gasteiger partial charge in [-0.25, -0.2) is 19.2 Å². The molecule has 0 bridgehead atoms. The molecule has 0 aliphatic heterocycles. The third-order valence-electron chi connectivity index (χ3n) is 17.5. The summed E-state index contributed by atoms with van der Waals surface area (Å²) >= 11 is 0. The Bertz CT molecular complexity index is 3200. The van der Waals surface area contributed by atoms with E-state index in [0.29, 0.717) is 22.6 Å². The van der Waals surface area contributed by atoms with Gasteiger partial charge < -0.3 is 18.9 Å². The standard InChI is InChI=1S/C84H98O8/c1-3-5-7-9-11-13-15-17-19-21-23-25-27-29-33-65-39-43-67(44-40-65)69-47-51-73(52-48-69)81(85)91-79-37-31-35-75(63-79)83(87)89-77-59-55-71(56-60-77)72-57-61-78(62-58-72)90-84(88)76-36-32-38-80(64-76)92-82(86)74-53-49-70(50-54-74)68-45-41-66(42-46-68)34-30-28-26-24-22-20-18-16-14-12-10-8-6-4-2/h31-32,35-64H,3-30,33-34H2,1-2H3. The van der Waals surface area contributed by atoms with Crippen molar-refractivity contribution < 1.29 is 38.1 Å². The molecule has 0 aliphatic rings. The summed E-state index contributed by atoms with van der Waals surface area (Å²) in [5.41, 5.74) is 9.84. The van der Waals surface area contributed by atoms with Gasteiger partial charge in [0.25, 0.3) is 0 Å². The van der Waals surface area contributed by atoms with Crippen molar-refractivity contribution in [2.24, 2.45) is 0 Å². The Morgan fingerprint density at radius 3 is 0.739 bits per heavy atom. The number of ether oxygens (including phenoxy) is 4. The molecule has 0 unspecified atom stereocenters. The van der Waals surface area contributed by atoms with Crippen molar-refractivity contribution in [2.75, 3.05) is 0 Å². The molecule has 8 heteroatoms. The van der Waals surface area contributed by atoms with E-state index in [0.717, 1.165) is 46.2 Å². The number of rotatable bonds is 41. The van der Waals surface area contributed by atoms with Gasteiger partial charge in [0.2, 0.25) is 0 Å². The average Bonchev–Trinajstić information content (AvgIpc) is 2.60. The Morgan fingerprint density at radius 1 is 0.228 bits per heavy atom. The number of esters is 4. The first-order valence-electron chi connectivity index (χ1n) is 34.9. The van der Waals surface area contributed by atoms with Gasteiger partial charge in [-0.1, -0.05) is 290 Å². The van der Waals surface area contributed by atoms with Crippen LogP contribution in [0, 0.1) is 0 Å². The van der Waals surface area contributed by atoms with E-state index in [1.165, 1.54) is 203 Å². The summed E-state index contributed by atoms with van der Waals surface area (Å²) in [4.78, 5) is 53.0. The summed E-state index contributed by atoms with van der Waals surface area (Å²) < 4.78 is 22.8. The van der Waals surface area contributed by atoms with E-state index < -0.39 is 23.9 Å². The lowest BCUT2D eigenvalue weighted by molar-refractivity contribution is 0.0714. The lowest BCUT2D eigenvalue weighted by Gasteiger charge is -2.10. The van der Waals surface area contributed by atoms with Gasteiger partial charge in [0.05, 0.1) is 22.3 Å². The molecule has 8 aromatic rings. The molecule has 0 amide bonds. The first-order valence-corrected chi connectivity index (χ1v) is 34.9. The van der Waals surface area contributed by atoms with E-state index in [1.807, 2.05) is 48.5 Å². The van der Waals surface area contributed by atoms with Crippen molar-refractivity contribution in [3.63, 3.8) is 0 Å². The molecule has 482 valence electrons. The molecule has 0 atom stereocenters. The Hall–Kier alpha value is -8.36. The second-order valence-electron chi connectivity index (χ2n) is 24.9. The Labute approximate surface area is 549 Å². The number of benzene rings is 8. The summed E-state index contributed by atoms with van der Waals surface area (Å²) in [5, 5.41) is 0. The number of hydrogen-bond donors (Lipinski definition) is 0. The molecule has 0 heterocycles. The summed E-state index contributed by atoms with van der Waals surface area (Å²) in [6.45, 7) is 4.56. The van der Waals surface area contributed by atoms with Crippen LogP contribution in [-0.4, -0.2) is 23.9 Å². The van der Waals surface area contributed by atoms with Crippen molar-refractivity contribution in [3.8, 4) is 56.4 Å². The Morgan fingerprint density at radius 2 is 0.457 bits per heavy atom. The normalized spacial score (nSPS) is 11.1. The minimum atomic E-state index is -0.604. The number of unbranched alkanes of at least 4 members (excludes halogenated alkanes) is 26. The maximum absolute atomic E-state index is 13.3. The lowest BCUT2D eigenvalue weighted by Crippen LogP contribution is -2.11. The molecule has 8 nitrogen and oxygen atoms in total. The first-order chi connectivity index (χ1) is 45.2. The van der Waals surface area contributed by atoms with E-state index in [9.17, 15) is 19.2 Å². The second kappa shape index (κ2) is 39.8. The van der Waals surface area contributed by atoms with Crippen molar-refractivity contribution in [1.82, 2.24) is 0 Å². The minimum absolute atomic E-state index is 0.223. The summed E-state index contributed by atoms with van der Waals surface area (Å²) in [7, 11) is 0. The molecule has 0 N–H and O–H groups in total. The third kappa shape index (κ3) is 24.4. The van der Waals surface area contributed by atoms with Gasteiger partial charge in [-0.05, 0) is 155 Å². The fraction of sp³-hybridized carbons (Fsp3) is 0.381. The largest absolute Gasteiger partial charge is 0.423 e. The molecular formula is C84H98O8. The maximum atomic E-state index is 13.3. The molecule has 0 radical (unpaired) electrons. The van der Waals surface area contributed by atoms with Gasteiger partial charge in [-0.2, -0.15) is 0 Å². The highest BCUT2D eigenvalue weighted by Gasteiger charge is 2.17. The molecule has 0 aromatic heterocycles. The fourth-order valence-corrected chi connectivity index (χ4v) is 11.8. The predicted octanol–water partition coefficient (Wildman–Crippen LogP) is 23.6. The third-order valence-corrected chi connectivity index (χ3v) is 17.5. The molecule has 92 heavy (non-hydrogen) atoms. The quantitative estimate of drug-likeness (QED) is 0.0212. The highest BCUT2D eigenvalue weighted by atomic mass is 16.5. The van der Waals surface area contributed by atoms with Crippen LogP contribution in [0.1, 0.15) is 246 Å². The fourth-order valence-electron chi connectivity index (χ4n) is 11.8. The maximum Gasteiger partial charge on any atom is 0.343 e. The van der Waals surface area contributed by atoms with Crippen molar-refractivity contribution in [2.45, 2.75) is 206 Å². The van der Waals surface area contributed by atoms with Crippen LogP contribution in [-0.2, 0) is 12.8 Å². The van der Waals surface area contributed by atoms with Gasteiger partial charge in [-0.3, -0.25) is 0 Å². The van der Waals surface area contributed by atoms with Crippen LogP contribution in [0.15, 0.2) is 194 Å². The molecule has 0 saturated heterocycles. The zero-order chi connectivity index (χ0) is 64.2. The van der Waals surface area contributed by atoms with E-state index >= 15 is 0 Å². The molecule has 8 aromatic carbocycles. The monoisotopic (exact) mass is 1230 g/mol. The zero-order valence-electron chi connectivity index (χ0n) is 55.0. The predicted molar refractivity (Wildman–Crippen MR) is 376 cm³/mol. The number of carbonyl (C=O) groups is 4. The van der Waals surface area contributed by atoms with Gasteiger partial charge in [-0.15, -0.1) is 0 Å². The molecule has 0 saturated carbocycles. The van der Waals surface area contributed by atoms with Crippen molar-refractivity contribution >= 4 is 23.9 Å². The zero-order valence-corrected chi connectivity index (χ0v) is 55.0. The SMILES string of the molecule is CCCCCCCCCCCCCCCCc1ccc(-c2ccc(C(=O)Oc3cccc(C(=O)Oc4ccc(-c5ccc(OC(=O)c6cccc(OC(=O)c7ccc(-c8ccc(CCCCCCCCCCCCCCCC)cc8)cc7)c6)cc5)cc4)c3)cc2)cc1. The van der Waals surface area contributed by atoms with Crippen molar-refractivity contribution in [1.29, 1.82) is 0 Å². The summed E-state index contributed by atoms with van der Waals surface area (Å²) in [6.07, 6.45) is 40.3. The number of hydrogen-bond acceptors (Lipinski definition) is 8. The van der Waals surface area contributed by atoms with Gasteiger partial charge in [0, 0.05) is 0 Å². The average molecular weight is 1240 g/mol. The Kier molecular flexibility index (Phi) is 30.1. The summed E-state index contributed by atoms with van der Waals surface area (Å²) in [6, 6.07) is 59.0. The van der Waals surface area contributed by atoms with Crippen LogP contribution in [0.5, 0.6) is 23.0 Å². The smallest absolute Gasteiger partial charge is 0.343 e. The molecule has 0 spiro atoms.